The number of nitrogens with one attached hydrogen (secondary N) is 1. The molecule has 16 heavy (non-hydrogen) atoms. The number of carbonyl (C=O) groups is 2. The zero-order chi connectivity index (χ0) is 11.4. The van der Waals surface area contributed by atoms with Crippen molar-refractivity contribution >= 4 is 35.9 Å². The summed E-state index contributed by atoms with van der Waals surface area (Å²) in [5.74, 6) is -1.58. The van der Waals surface area contributed by atoms with Crippen molar-refractivity contribution < 1.29 is 14.7 Å². The summed E-state index contributed by atoms with van der Waals surface area (Å²) < 4.78 is 0. The molecule has 0 bridgehead atoms. The normalized spacial score (nSPS) is 11.1. The maximum absolute atomic E-state index is 11.5. The molecular weight excluding hydrogens is 253 g/mol. The first kappa shape index (κ1) is 14.7. The first-order chi connectivity index (χ1) is 7.02. The number of carbonyl (C=O) groups excluding carboxylic acids is 1. The van der Waals surface area contributed by atoms with E-state index in [-0.39, 0.29) is 18.0 Å². The Balaban J connectivity index is 0.00000225. The Morgan fingerprint density at radius 1 is 1.38 bits per heavy atom. The SMILES string of the molecule is C[C@H](NC(=O)c1ccccc1Cl)C(=O)O.Cl. The summed E-state index contributed by atoms with van der Waals surface area (Å²) in [6.45, 7) is 1.39. The minimum atomic E-state index is -1.09. The van der Waals surface area contributed by atoms with Crippen LogP contribution in [0.25, 0.3) is 0 Å². The van der Waals surface area contributed by atoms with Crippen molar-refractivity contribution in [1.82, 2.24) is 5.32 Å². The average Bonchev–Trinajstić information content (AvgIpc) is 2.18. The summed E-state index contributed by atoms with van der Waals surface area (Å²) >= 11 is 5.77. The van der Waals surface area contributed by atoms with Crippen molar-refractivity contribution in [1.29, 1.82) is 0 Å². The van der Waals surface area contributed by atoms with Gasteiger partial charge in [-0.05, 0) is 19.1 Å². The Bertz CT molecular complexity index is 395. The molecule has 0 saturated heterocycles. The molecule has 1 aromatic rings. The number of amides is 1. The number of hydrogen-bond donors (Lipinski definition) is 2. The van der Waals surface area contributed by atoms with Gasteiger partial charge in [-0.2, -0.15) is 0 Å². The second kappa shape index (κ2) is 6.35. The van der Waals surface area contributed by atoms with Crippen molar-refractivity contribution in [2.45, 2.75) is 13.0 Å². The van der Waals surface area contributed by atoms with Gasteiger partial charge in [0.05, 0.1) is 10.6 Å². The fraction of sp³-hybridized carbons (Fsp3) is 0.200. The summed E-state index contributed by atoms with van der Waals surface area (Å²) in [5.41, 5.74) is 0.271. The first-order valence-electron chi connectivity index (χ1n) is 4.30. The van der Waals surface area contributed by atoms with Crippen LogP contribution < -0.4 is 5.32 Å². The van der Waals surface area contributed by atoms with Crippen LogP contribution in [0.1, 0.15) is 17.3 Å². The molecule has 1 aromatic carbocycles. The van der Waals surface area contributed by atoms with E-state index in [0.29, 0.717) is 5.02 Å². The largest absolute Gasteiger partial charge is 0.480 e. The molecule has 88 valence electrons. The van der Waals surface area contributed by atoms with E-state index in [1.165, 1.54) is 13.0 Å². The standard InChI is InChI=1S/C10H10ClNO3.ClH/c1-6(10(14)15)12-9(13)7-4-2-3-5-8(7)11;/h2-6H,1H3,(H,12,13)(H,14,15);1H/t6-;/m0./s1. The molecule has 0 fully saturated rings. The lowest BCUT2D eigenvalue weighted by molar-refractivity contribution is -0.138. The van der Waals surface area contributed by atoms with Crippen LogP contribution in [0.4, 0.5) is 0 Å². The van der Waals surface area contributed by atoms with Crippen molar-refractivity contribution in [3.8, 4) is 0 Å². The van der Waals surface area contributed by atoms with Gasteiger partial charge in [-0.1, -0.05) is 23.7 Å². The second-order valence-electron chi connectivity index (χ2n) is 3.01. The molecule has 0 unspecified atom stereocenters. The lowest BCUT2D eigenvalue weighted by Crippen LogP contribution is -2.38. The lowest BCUT2D eigenvalue weighted by Gasteiger charge is -2.09. The van der Waals surface area contributed by atoms with Crippen molar-refractivity contribution in [2.24, 2.45) is 0 Å². The minimum absolute atomic E-state index is 0. The monoisotopic (exact) mass is 263 g/mol. The number of rotatable bonds is 3. The highest BCUT2D eigenvalue weighted by Gasteiger charge is 2.16. The van der Waals surface area contributed by atoms with Gasteiger partial charge in [-0.15, -0.1) is 12.4 Å². The van der Waals surface area contributed by atoms with E-state index in [1.54, 1.807) is 18.2 Å². The van der Waals surface area contributed by atoms with Gasteiger partial charge in [-0.25, -0.2) is 0 Å². The Labute approximate surface area is 104 Å². The third-order valence-electron chi connectivity index (χ3n) is 1.84. The molecule has 4 nitrogen and oxygen atoms in total. The van der Waals surface area contributed by atoms with E-state index in [2.05, 4.69) is 5.32 Å². The summed E-state index contributed by atoms with van der Waals surface area (Å²) in [5, 5.41) is 11.2. The van der Waals surface area contributed by atoms with Gasteiger partial charge < -0.3 is 10.4 Å². The number of carboxylic acid groups (broad SMARTS) is 1. The fourth-order valence-corrected chi connectivity index (χ4v) is 1.20. The highest BCUT2D eigenvalue weighted by molar-refractivity contribution is 6.33. The van der Waals surface area contributed by atoms with Gasteiger partial charge in [0.15, 0.2) is 0 Å². The van der Waals surface area contributed by atoms with E-state index in [9.17, 15) is 9.59 Å². The quantitative estimate of drug-likeness (QED) is 0.877. The lowest BCUT2D eigenvalue weighted by atomic mass is 10.2. The van der Waals surface area contributed by atoms with Crippen molar-refractivity contribution in [3.63, 3.8) is 0 Å². The van der Waals surface area contributed by atoms with E-state index >= 15 is 0 Å². The van der Waals surface area contributed by atoms with Crippen LogP contribution in [0.2, 0.25) is 5.02 Å². The van der Waals surface area contributed by atoms with Crippen LogP contribution >= 0.6 is 24.0 Å². The summed E-state index contributed by atoms with van der Waals surface area (Å²) in [6, 6.07) is 5.52. The van der Waals surface area contributed by atoms with Gasteiger partial charge in [0.2, 0.25) is 0 Å². The number of hydrogen-bond acceptors (Lipinski definition) is 2. The molecule has 2 N–H and O–H groups in total. The smallest absolute Gasteiger partial charge is 0.325 e. The topological polar surface area (TPSA) is 66.4 Å². The van der Waals surface area contributed by atoms with Gasteiger partial charge in [0, 0.05) is 0 Å². The molecule has 0 aliphatic heterocycles. The fourth-order valence-electron chi connectivity index (χ4n) is 0.981. The van der Waals surface area contributed by atoms with Gasteiger partial charge in [0.1, 0.15) is 6.04 Å². The van der Waals surface area contributed by atoms with E-state index < -0.39 is 17.9 Å². The minimum Gasteiger partial charge on any atom is -0.480 e. The number of carboxylic acids is 1. The number of halogens is 2. The molecule has 0 aliphatic carbocycles. The Kier molecular flexibility index (Phi) is 5.85. The zero-order valence-electron chi connectivity index (χ0n) is 8.44. The second-order valence-corrected chi connectivity index (χ2v) is 3.42. The molecule has 1 atom stereocenters. The molecule has 0 heterocycles. The maximum Gasteiger partial charge on any atom is 0.325 e. The average molecular weight is 264 g/mol. The molecule has 0 aliphatic rings. The third-order valence-corrected chi connectivity index (χ3v) is 2.17. The van der Waals surface area contributed by atoms with Crippen molar-refractivity contribution in [2.75, 3.05) is 0 Å². The first-order valence-corrected chi connectivity index (χ1v) is 4.68. The van der Waals surface area contributed by atoms with E-state index in [0.717, 1.165) is 0 Å². The van der Waals surface area contributed by atoms with E-state index in [1.807, 2.05) is 0 Å². The predicted molar refractivity (Wildman–Crippen MR) is 63.3 cm³/mol. The number of aliphatic carboxylic acids is 1. The Morgan fingerprint density at radius 3 is 2.44 bits per heavy atom. The highest BCUT2D eigenvalue weighted by atomic mass is 35.5. The van der Waals surface area contributed by atoms with Crippen LogP contribution in [-0.2, 0) is 4.79 Å². The molecule has 1 rings (SSSR count). The van der Waals surface area contributed by atoms with Gasteiger partial charge >= 0.3 is 5.97 Å². The summed E-state index contributed by atoms with van der Waals surface area (Å²) in [6.07, 6.45) is 0. The summed E-state index contributed by atoms with van der Waals surface area (Å²) in [7, 11) is 0. The molecule has 0 saturated carbocycles. The molecule has 1 amide bonds. The Morgan fingerprint density at radius 2 is 1.94 bits per heavy atom. The van der Waals surface area contributed by atoms with Crippen LogP contribution in [0.15, 0.2) is 24.3 Å². The molecule has 0 aromatic heterocycles. The van der Waals surface area contributed by atoms with Gasteiger partial charge in [-0.3, -0.25) is 9.59 Å². The van der Waals surface area contributed by atoms with Crippen LogP contribution in [0.3, 0.4) is 0 Å². The van der Waals surface area contributed by atoms with E-state index in [4.69, 9.17) is 16.7 Å². The molecule has 0 radical (unpaired) electrons. The van der Waals surface area contributed by atoms with Crippen LogP contribution in [-0.4, -0.2) is 23.0 Å². The molecule has 6 heteroatoms. The van der Waals surface area contributed by atoms with Crippen molar-refractivity contribution in [3.05, 3.63) is 34.9 Å². The third kappa shape index (κ3) is 3.72. The molecule has 0 spiro atoms. The Hall–Kier alpha value is -1.26. The predicted octanol–water partition coefficient (Wildman–Crippen LogP) is 1.96. The highest BCUT2D eigenvalue weighted by Crippen LogP contribution is 2.14. The van der Waals surface area contributed by atoms with Crippen LogP contribution in [0.5, 0.6) is 0 Å². The molecular formula is C10H11Cl2NO3. The summed E-state index contributed by atoms with van der Waals surface area (Å²) in [4.78, 5) is 22.0. The number of benzene rings is 1. The maximum atomic E-state index is 11.5. The van der Waals surface area contributed by atoms with Gasteiger partial charge in [0.25, 0.3) is 5.91 Å². The van der Waals surface area contributed by atoms with Crippen LogP contribution in [0, 0.1) is 0 Å². The zero-order valence-corrected chi connectivity index (χ0v) is 10.0.